The Bertz CT molecular complexity index is 513. The molecule has 0 heterocycles. The van der Waals surface area contributed by atoms with Crippen LogP contribution in [-0.2, 0) is 0 Å². The van der Waals surface area contributed by atoms with Gasteiger partial charge in [-0.2, -0.15) is 0 Å². The van der Waals surface area contributed by atoms with Crippen molar-refractivity contribution in [3.63, 3.8) is 0 Å². The van der Waals surface area contributed by atoms with Crippen molar-refractivity contribution in [3.05, 3.63) is 35.6 Å². The largest absolute Gasteiger partial charge is 0.325 e. The smallest absolute Gasteiger partial charge is 0.165 e. The summed E-state index contributed by atoms with van der Waals surface area (Å²) in [6.45, 7) is 6.45. The van der Waals surface area contributed by atoms with E-state index in [-0.39, 0.29) is 34.7 Å². The lowest BCUT2D eigenvalue weighted by Gasteiger charge is -2.39. The standard InChI is InChI=1S/C17H24FNO.ClH/c1-16(2)12(10-11-17(16,3)19)8-9-15(20)13-6-4-5-7-14(13)18;/h4-7,12H,8-11,19H2,1-3H3;1H/t12-,17+;/m0./s1. The topological polar surface area (TPSA) is 43.1 Å². The Labute approximate surface area is 132 Å². The Kier molecular flexibility index (Phi) is 5.57. The van der Waals surface area contributed by atoms with Gasteiger partial charge in [0.25, 0.3) is 0 Å². The fourth-order valence-electron chi connectivity index (χ4n) is 3.26. The lowest BCUT2D eigenvalue weighted by atomic mass is 9.70. The van der Waals surface area contributed by atoms with Crippen molar-refractivity contribution in [1.82, 2.24) is 0 Å². The van der Waals surface area contributed by atoms with E-state index in [1.54, 1.807) is 18.2 Å². The van der Waals surface area contributed by atoms with Gasteiger partial charge in [0.05, 0.1) is 5.56 Å². The van der Waals surface area contributed by atoms with Crippen molar-refractivity contribution in [3.8, 4) is 0 Å². The number of rotatable bonds is 4. The van der Waals surface area contributed by atoms with Crippen LogP contribution in [0.4, 0.5) is 4.39 Å². The Balaban J connectivity index is 0.00000220. The Morgan fingerprint density at radius 3 is 2.48 bits per heavy atom. The Morgan fingerprint density at radius 2 is 1.95 bits per heavy atom. The number of Topliss-reactive ketones (excluding diaryl/α,β-unsaturated/α-hetero) is 1. The molecule has 2 nitrogen and oxygen atoms in total. The zero-order valence-electron chi connectivity index (χ0n) is 13.0. The zero-order chi connectivity index (χ0) is 15.0. The first-order chi connectivity index (χ1) is 9.25. The van der Waals surface area contributed by atoms with E-state index in [4.69, 9.17) is 5.73 Å². The SMILES string of the molecule is CC1(C)[C@@H](CCC(=O)c2ccccc2F)CC[C@@]1(C)N.Cl. The first-order valence-corrected chi connectivity index (χ1v) is 7.32. The van der Waals surface area contributed by atoms with Gasteiger partial charge >= 0.3 is 0 Å². The second kappa shape index (κ2) is 6.45. The number of carbonyl (C=O) groups is 1. The lowest BCUT2D eigenvalue weighted by molar-refractivity contribution is 0.0945. The summed E-state index contributed by atoms with van der Waals surface area (Å²) in [4.78, 5) is 12.1. The summed E-state index contributed by atoms with van der Waals surface area (Å²) in [5.74, 6) is -0.107. The molecule has 1 aliphatic rings. The van der Waals surface area contributed by atoms with Gasteiger partial charge in [0.2, 0.25) is 0 Å². The van der Waals surface area contributed by atoms with E-state index in [1.807, 2.05) is 0 Å². The Hall–Kier alpha value is -0.930. The van der Waals surface area contributed by atoms with E-state index in [0.29, 0.717) is 12.3 Å². The molecule has 0 unspecified atom stereocenters. The van der Waals surface area contributed by atoms with Crippen LogP contribution in [0.2, 0.25) is 0 Å². The molecular formula is C17H25ClFNO. The quantitative estimate of drug-likeness (QED) is 0.839. The molecule has 0 saturated heterocycles. The van der Waals surface area contributed by atoms with E-state index in [1.165, 1.54) is 6.07 Å². The van der Waals surface area contributed by atoms with Crippen LogP contribution in [0.1, 0.15) is 56.8 Å². The monoisotopic (exact) mass is 313 g/mol. The highest BCUT2D eigenvalue weighted by atomic mass is 35.5. The van der Waals surface area contributed by atoms with Gasteiger partial charge in [0, 0.05) is 12.0 Å². The van der Waals surface area contributed by atoms with Crippen molar-refractivity contribution < 1.29 is 9.18 Å². The Morgan fingerprint density at radius 1 is 1.33 bits per heavy atom. The number of hydrogen-bond acceptors (Lipinski definition) is 2. The highest BCUT2D eigenvalue weighted by Gasteiger charge is 2.48. The minimum Gasteiger partial charge on any atom is -0.325 e. The predicted octanol–water partition coefficient (Wildman–Crippen LogP) is 4.36. The van der Waals surface area contributed by atoms with E-state index >= 15 is 0 Å². The number of halogens is 2. The molecule has 2 atom stereocenters. The van der Waals surface area contributed by atoms with E-state index in [2.05, 4.69) is 20.8 Å². The van der Waals surface area contributed by atoms with E-state index in [0.717, 1.165) is 19.3 Å². The third kappa shape index (κ3) is 3.46. The van der Waals surface area contributed by atoms with Crippen LogP contribution in [0.15, 0.2) is 24.3 Å². The molecule has 0 radical (unpaired) electrons. The molecule has 118 valence electrons. The second-order valence-corrected chi connectivity index (χ2v) is 6.82. The van der Waals surface area contributed by atoms with Crippen LogP contribution >= 0.6 is 12.4 Å². The third-order valence-electron chi connectivity index (χ3n) is 5.40. The van der Waals surface area contributed by atoms with Gasteiger partial charge in [-0.15, -0.1) is 12.4 Å². The fraction of sp³-hybridized carbons (Fsp3) is 0.588. The first-order valence-electron chi connectivity index (χ1n) is 7.32. The van der Waals surface area contributed by atoms with Crippen LogP contribution in [-0.4, -0.2) is 11.3 Å². The van der Waals surface area contributed by atoms with Crippen LogP contribution < -0.4 is 5.73 Å². The normalized spacial score (nSPS) is 27.2. The summed E-state index contributed by atoms with van der Waals surface area (Å²) in [6, 6.07) is 6.20. The van der Waals surface area contributed by atoms with Crippen molar-refractivity contribution >= 4 is 18.2 Å². The summed E-state index contributed by atoms with van der Waals surface area (Å²) in [5, 5.41) is 0. The van der Waals surface area contributed by atoms with Gasteiger partial charge < -0.3 is 5.73 Å². The van der Waals surface area contributed by atoms with Gasteiger partial charge in [-0.25, -0.2) is 4.39 Å². The number of hydrogen-bond donors (Lipinski definition) is 1. The summed E-state index contributed by atoms with van der Waals surface area (Å²) >= 11 is 0. The summed E-state index contributed by atoms with van der Waals surface area (Å²) in [5.41, 5.74) is 6.38. The van der Waals surface area contributed by atoms with E-state index in [9.17, 15) is 9.18 Å². The number of ketones is 1. The molecule has 1 aromatic carbocycles. The zero-order valence-corrected chi connectivity index (χ0v) is 13.8. The summed E-state index contributed by atoms with van der Waals surface area (Å²) in [6.07, 6.45) is 3.21. The van der Waals surface area contributed by atoms with Crippen molar-refractivity contribution in [2.24, 2.45) is 17.1 Å². The average Bonchev–Trinajstić information content (AvgIpc) is 2.57. The maximum absolute atomic E-state index is 13.6. The number of nitrogens with two attached hydrogens (primary N) is 1. The highest BCUT2D eigenvalue weighted by molar-refractivity contribution is 5.96. The van der Waals surface area contributed by atoms with Gasteiger partial charge in [-0.1, -0.05) is 26.0 Å². The molecule has 0 spiro atoms. The molecule has 0 amide bonds. The molecule has 2 N–H and O–H groups in total. The molecule has 1 aliphatic carbocycles. The third-order valence-corrected chi connectivity index (χ3v) is 5.40. The summed E-state index contributed by atoms with van der Waals surface area (Å²) < 4.78 is 13.6. The van der Waals surface area contributed by atoms with Gasteiger partial charge in [-0.3, -0.25) is 4.79 Å². The maximum Gasteiger partial charge on any atom is 0.165 e. The fourth-order valence-corrected chi connectivity index (χ4v) is 3.26. The lowest BCUT2D eigenvalue weighted by Crippen LogP contribution is -2.48. The molecule has 0 aromatic heterocycles. The van der Waals surface area contributed by atoms with Crippen molar-refractivity contribution in [1.29, 1.82) is 0 Å². The predicted molar refractivity (Wildman–Crippen MR) is 86.3 cm³/mol. The molecule has 4 heteroatoms. The minimum atomic E-state index is -0.424. The van der Waals surface area contributed by atoms with Crippen molar-refractivity contribution in [2.75, 3.05) is 0 Å². The van der Waals surface area contributed by atoms with E-state index < -0.39 is 5.82 Å². The molecule has 2 rings (SSSR count). The number of carbonyl (C=O) groups excluding carboxylic acids is 1. The molecule has 1 fully saturated rings. The van der Waals surface area contributed by atoms with Crippen LogP contribution in [0, 0.1) is 17.2 Å². The van der Waals surface area contributed by atoms with Gasteiger partial charge in [0.15, 0.2) is 5.78 Å². The van der Waals surface area contributed by atoms with Gasteiger partial charge in [-0.05, 0) is 49.7 Å². The van der Waals surface area contributed by atoms with Crippen LogP contribution in [0.25, 0.3) is 0 Å². The number of benzene rings is 1. The molecule has 1 aromatic rings. The van der Waals surface area contributed by atoms with Crippen molar-refractivity contribution in [2.45, 2.75) is 52.0 Å². The molecule has 1 saturated carbocycles. The minimum absolute atomic E-state index is 0. The molecular weight excluding hydrogens is 289 g/mol. The van der Waals surface area contributed by atoms with Crippen LogP contribution in [0.3, 0.4) is 0 Å². The molecule has 21 heavy (non-hydrogen) atoms. The molecule has 0 aliphatic heterocycles. The van der Waals surface area contributed by atoms with Gasteiger partial charge in [0.1, 0.15) is 5.82 Å². The average molecular weight is 314 g/mol. The van der Waals surface area contributed by atoms with Crippen LogP contribution in [0.5, 0.6) is 0 Å². The first kappa shape index (κ1) is 18.1. The summed E-state index contributed by atoms with van der Waals surface area (Å²) in [7, 11) is 0. The highest BCUT2D eigenvalue weighted by Crippen LogP contribution is 2.50. The maximum atomic E-state index is 13.6. The second-order valence-electron chi connectivity index (χ2n) is 6.82. The molecule has 0 bridgehead atoms.